The third-order valence-corrected chi connectivity index (χ3v) is 6.69. The number of aromatic nitrogens is 3. The minimum atomic E-state index is -0.424. The Morgan fingerprint density at radius 2 is 1.54 bits per heavy atom. The number of hydrogen-bond donors (Lipinski definition) is 0. The molecule has 6 nitrogen and oxygen atoms in total. The number of hydrogen-bond acceptors (Lipinski definition) is 4. The Morgan fingerprint density at radius 1 is 0.784 bits per heavy atom. The molecule has 3 heterocycles. The lowest BCUT2D eigenvalue weighted by Crippen LogP contribution is -2.49. The molecule has 0 atom stereocenters. The van der Waals surface area contributed by atoms with E-state index in [-0.39, 0.29) is 11.7 Å². The molecule has 0 N–H and O–H groups in total. The zero-order valence-corrected chi connectivity index (χ0v) is 19.9. The van der Waals surface area contributed by atoms with E-state index in [1.54, 1.807) is 29.2 Å². The minimum absolute atomic E-state index is 0.181. The van der Waals surface area contributed by atoms with Crippen molar-refractivity contribution < 1.29 is 13.6 Å². The van der Waals surface area contributed by atoms with E-state index in [2.05, 4.69) is 14.9 Å². The van der Waals surface area contributed by atoms with Crippen LogP contribution in [0.25, 0.3) is 27.8 Å². The number of amides is 1. The number of nitrogens with zero attached hydrogens (tertiary/aromatic N) is 5. The number of carbonyl (C=O) groups excluding carboxylic acids is 1. The highest BCUT2D eigenvalue weighted by Gasteiger charge is 2.26. The van der Waals surface area contributed by atoms with Crippen molar-refractivity contribution in [3.8, 4) is 16.8 Å². The molecule has 0 unspecified atom stereocenters. The van der Waals surface area contributed by atoms with Gasteiger partial charge < -0.3 is 14.4 Å². The van der Waals surface area contributed by atoms with Crippen molar-refractivity contribution in [3.63, 3.8) is 0 Å². The summed E-state index contributed by atoms with van der Waals surface area (Å²) in [5.41, 5.74) is 3.84. The number of piperazine rings is 1. The van der Waals surface area contributed by atoms with Crippen LogP contribution in [-0.4, -0.2) is 51.5 Å². The van der Waals surface area contributed by atoms with Crippen molar-refractivity contribution in [2.24, 2.45) is 0 Å². The van der Waals surface area contributed by atoms with Crippen LogP contribution in [0.5, 0.6) is 0 Å². The highest BCUT2D eigenvalue weighted by molar-refractivity contribution is 6.02. The molecule has 6 rings (SSSR count). The first kappa shape index (κ1) is 22.8. The predicted molar refractivity (Wildman–Crippen MR) is 139 cm³/mol. The van der Waals surface area contributed by atoms with Crippen molar-refractivity contribution in [1.82, 2.24) is 19.4 Å². The summed E-state index contributed by atoms with van der Waals surface area (Å²) in [4.78, 5) is 26.1. The summed E-state index contributed by atoms with van der Waals surface area (Å²) < 4.78 is 29.2. The third kappa shape index (κ3) is 4.31. The van der Waals surface area contributed by atoms with Crippen LogP contribution in [0.15, 0.2) is 91.4 Å². The van der Waals surface area contributed by atoms with Crippen molar-refractivity contribution in [2.75, 3.05) is 31.1 Å². The summed E-state index contributed by atoms with van der Waals surface area (Å²) in [5.74, 6) is -0.126. The van der Waals surface area contributed by atoms with Gasteiger partial charge in [-0.2, -0.15) is 0 Å². The number of carbonyl (C=O) groups is 1. The maximum Gasteiger partial charge on any atom is 0.254 e. The zero-order valence-electron chi connectivity index (χ0n) is 19.9. The van der Waals surface area contributed by atoms with Crippen LogP contribution >= 0.6 is 0 Å². The van der Waals surface area contributed by atoms with Gasteiger partial charge in [0.25, 0.3) is 5.91 Å². The lowest BCUT2D eigenvalue weighted by atomic mass is 10.1. The molecule has 0 bridgehead atoms. The molecule has 8 heteroatoms. The van der Waals surface area contributed by atoms with Gasteiger partial charge in [0, 0.05) is 49.2 Å². The quantitative estimate of drug-likeness (QED) is 0.338. The minimum Gasteiger partial charge on any atom is -0.352 e. The second kappa shape index (κ2) is 9.46. The smallest absolute Gasteiger partial charge is 0.254 e. The Kier molecular flexibility index (Phi) is 5.84. The fourth-order valence-electron chi connectivity index (χ4n) is 4.85. The van der Waals surface area contributed by atoms with Gasteiger partial charge in [0.1, 0.15) is 23.8 Å². The van der Waals surface area contributed by atoms with E-state index < -0.39 is 5.82 Å². The highest BCUT2D eigenvalue weighted by Crippen LogP contribution is 2.37. The fourth-order valence-corrected chi connectivity index (χ4v) is 4.85. The monoisotopic (exact) mass is 495 g/mol. The molecule has 1 amide bonds. The highest BCUT2D eigenvalue weighted by atomic mass is 19.1. The van der Waals surface area contributed by atoms with Crippen LogP contribution in [0.1, 0.15) is 10.4 Å². The predicted octanol–water partition coefficient (Wildman–Crippen LogP) is 5.33. The van der Waals surface area contributed by atoms with E-state index in [0.717, 1.165) is 28.0 Å². The van der Waals surface area contributed by atoms with Gasteiger partial charge in [-0.05, 0) is 48.0 Å². The molecule has 0 spiro atoms. The van der Waals surface area contributed by atoms with Gasteiger partial charge in [-0.1, -0.05) is 36.4 Å². The molecule has 0 aliphatic carbocycles. The fraction of sp³-hybridized carbons (Fsp3) is 0.138. The average molecular weight is 496 g/mol. The number of benzene rings is 3. The number of anilines is 1. The van der Waals surface area contributed by atoms with Gasteiger partial charge in [0.15, 0.2) is 5.65 Å². The lowest BCUT2D eigenvalue weighted by Gasteiger charge is -2.35. The van der Waals surface area contributed by atoms with Crippen LogP contribution in [0.3, 0.4) is 0 Å². The lowest BCUT2D eigenvalue weighted by molar-refractivity contribution is 0.0746. The van der Waals surface area contributed by atoms with Crippen LogP contribution in [0, 0.1) is 11.6 Å². The summed E-state index contributed by atoms with van der Waals surface area (Å²) in [6.07, 6.45) is 3.55. The number of rotatable bonds is 4. The van der Waals surface area contributed by atoms with Crippen molar-refractivity contribution in [1.29, 1.82) is 0 Å². The average Bonchev–Trinajstić information content (AvgIpc) is 3.34. The first-order chi connectivity index (χ1) is 18.1. The number of halogens is 2. The Balaban J connectivity index is 1.37. The second-order valence-electron chi connectivity index (χ2n) is 8.94. The van der Waals surface area contributed by atoms with Gasteiger partial charge in [0.05, 0.1) is 5.39 Å². The van der Waals surface area contributed by atoms with E-state index in [1.807, 2.05) is 41.1 Å². The molecule has 3 aromatic carbocycles. The van der Waals surface area contributed by atoms with Crippen molar-refractivity contribution in [2.45, 2.75) is 0 Å². The Bertz CT molecular complexity index is 1580. The van der Waals surface area contributed by atoms with Gasteiger partial charge in [-0.15, -0.1) is 0 Å². The van der Waals surface area contributed by atoms with Gasteiger partial charge in [-0.3, -0.25) is 4.79 Å². The molecule has 0 radical (unpaired) electrons. The summed E-state index contributed by atoms with van der Waals surface area (Å²) in [6.45, 7) is 2.12. The molecule has 1 aliphatic heterocycles. The first-order valence-corrected chi connectivity index (χ1v) is 12.1. The molecule has 2 aromatic heterocycles. The Hall–Kier alpha value is -4.59. The van der Waals surface area contributed by atoms with Crippen LogP contribution in [0.4, 0.5) is 14.6 Å². The van der Waals surface area contributed by atoms with E-state index in [4.69, 9.17) is 0 Å². The maximum atomic E-state index is 13.6. The summed E-state index contributed by atoms with van der Waals surface area (Å²) in [6, 6.07) is 22.1. The van der Waals surface area contributed by atoms with Gasteiger partial charge in [0.2, 0.25) is 0 Å². The molecular formula is C29H23F2N5O. The standard InChI is InChI=1S/C29H23F2N5O/c30-22-9-11-24(12-10-22)36-18-25(20-5-2-1-3-6-20)26-27(32-19-33-28(26)36)34-13-15-35(16-14-34)29(37)21-7-4-8-23(31)17-21/h1-12,17-19H,13-16H2. The van der Waals surface area contributed by atoms with E-state index in [0.29, 0.717) is 37.4 Å². The number of fused-ring (bicyclic) bond motifs is 1. The SMILES string of the molecule is O=C(c1cccc(F)c1)N1CCN(c2ncnc3c2c(-c2ccccc2)cn3-c2ccc(F)cc2)CC1. The Labute approximate surface area is 212 Å². The molecule has 1 fully saturated rings. The summed E-state index contributed by atoms with van der Waals surface area (Å²) in [7, 11) is 0. The molecule has 0 saturated carbocycles. The van der Waals surface area contributed by atoms with E-state index >= 15 is 0 Å². The zero-order chi connectivity index (χ0) is 25.4. The largest absolute Gasteiger partial charge is 0.352 e. The maximum absolute atomic E-state index is 13.6. The normalized spacial score (nSPS) is 13.8. The topological polar surface area (TPSA) is 54.3 Å². The molecule has 184 valence electrons. The molecule has 1 saturated heterocycles. The second-order valence-corrected chi connectivity index (χ2v) is 8.94. The molecular weight excluding hydrogens is 472 g/mol. The third-order valence-electron chi connectivity index (χ3n) is 6.69. The molecule has 5 aromatic rings. The Morgan fingerprint density at radius 3 is 2.27 bits per heavy atom. The van der Waals surface area contributed by atoms with Crippen LogP contribution in [-0.2, 0) is 0 Å². The van der Waals surface area contributed by atoms with Crippen LogP contribution in [0.2, 0.25) is 0 Å². The summed E-state index contributed by atoms with van der Waals surface area (Å²) in [5, 5.41) is 0.892. The van der Waals surface area contributed by atoms with Crippen LogP contribution < -0.4 is 4.90 Å². The molecule has 1 aliphatic rings. The van der Waals surface area contributed by atoms with E-state index in [1.165, 1.54) is 30.6 Å². The molecule has 37 heavy (non-hydrogen) atoms. The van der Waals surface area contributed by atoms with Crippen molar-refractivity contribution in [3.05, 3.63) is 109 Å². The van der Waals surface area contributed by atoms with E-state index in [9.17, 15) is 13.6 Å². The summed E-state index contributed by atoms with van der Waals surface area (Å²) >= 11 is 0. The first-order valence-electron chi connectivity index (χ1n) is 12.1. The van der Waals surface area contributed by atoms with Crippen molar-refractivity contribution >= 4 is 22.8 Å². The van der Waals surface area contributed by atoms with Gasteiger partial charge in [-0.25, -0.2) is 18.7 Å². The van der Waals surface area contributed by atoms with Gasteiger partial charge >= 0.3 is 0 Å².